The van der Waals surface area contributed by atoms with Crippen molar-refractivity contribution in [3.05, 3.63) is 77.1 Å². The Bertz CT molecular complexity index is 1310. The van der Waals surface area contributed by atoms with Gasteiger partial charge in [-0.2, -0.15) is 0 Å². The maximum absolute atomic E-state index is 12.9. The SMILES string of the molecule is C=CCn1c(=O)c2ccccc2n2c(S[C@@H](C)C(=O)Nc3ccc(C)cc3)nnc12. The Hall–Kier alpha value is -3.39. The zero-order valence-corrected chi connectivity index (χ0v) is 17.5. The van der Waals surface area contributed by atoms with E-state index in [2.05, 4.69) is 22.1 Å². The molecule has 0 aliphatic rings. The van der Waals surface area contributed by atoms with Gasteiger partial charge in [0.25, 0.3) is 5.56 Å². The number of para-hydroxylation sites is 1. The van der Waals surface area contributed by atoms with Crippen molar-refractivity contribution in [3.63, 3.8) is 0 Å². The summed E-state index contributed by atoms with van der Waals surface area (Å²) in [4.78, 5) is 25.6. The summed E-state index contributed by atoms with van der Waals surface area (Å²) in [6, 6.07) is 15.0. The fourth-order valence-electron chi connectivity index (χ4n) is 3.20. The Kier molecular flexibility index (Phi) is 5.41. The first-order valence-electron chi connectivity index (χ1n) is 9.51. The molecule has 1 amide bonds. The monoisotopic (exact) mass is 419 g/mol. The molecule has 0 spiro atoms. The van der Waals surface area contributed by atoms with Gasteiger partial charge in [-0.15, -0.1) is 16.8 Å². The topological polar surface area (TPSA) is 81.3 Å². The molecule has 7 nitrogen and oxygen atoms in total. The number of nitrogens with one attached hydrogen (secondary N) is 1. The molecule has 0 unspecified atom stereocenters. The van der Waals surface area contributed by atoms with E-state index >= 15 is 0 Å². The van der Waals surface area contributed by atoms with E-state index in [0.29, 0.717) is 28.4 Å². The molecule has 8 heteroatoms. The molecule has 0 aliphatic heterocycles. The standard InChI is InChI=1S/C22H21N5O2S/c1-4-13-26-20(29)17-7-5-6-8-18(17)27-21(26)24-25-22(27)30-15(3)19(28)23-16-11-9-14(2)10-12-16/h4-12,15H,1,13H2,2-3H3,(H,23,28)/t15-/m0/s1. The van der Waals surface area contributed by atoms with Crippen LogP contribution in [0.25, 0.3) is 16.7 Å². The van der Waals surface area contributed by atoms with Crippen LogP contribution >= 0.6 is 11.8 Å². The second-order valence-electron chi connectivity index (χ2n) is 6.95. The maximum Gasteiger partial charge on any atom is 0.263 e. The summed E-state index contributed by atoms with van der Waals surface area (Å²) < 4.78 is 3.35. The van der Waals surface area contributed by atoms with Crippen molar-refractivity contribution in [1.82, 2.24) is 19.2 Å². The largest absolute Gasteiger partial charge is 0.325 e. The number of thioether (sulfide) groups is 1. The van der Waals surface area contributed by atoms with Gasteiger partial charge in [0.15, 0.2) is 5.16 Å². The van der Waals surface area contributed by atoms with Crippen LogP contribution in [0.15, 0.2) is 71.1 Å². The van der Waals surface area contributed by atoms with Crippen molar-refractivity contribution in [2.24, 2.45) is 0 Å². The molecule has 0 bridgehead atoms. The minimum atomic E-state index is -0.419. The predicted octanol–water partition coefficient (Wildman–Crippen LogP) is 3.66. The van der Waals surface area contributed by atoms with Gasteiger partial charge >= 0.3 is 0 Å². The number of amides is 1. The van der Waals surface area contributed by atoms with Crippen molar-refractivity contribution in [3.8, 4) is 0 Å². The smallest absolute Gasteiger partial charge is 0.263 e. The highest BCUT2D eigenvalue weighted by molar-refractivity contribution is 8.00. The summed E-state index contributed by atoms with van der Waals surface area (Å²) in [5, 5.41) is 12.1. The van der Waals surface area contributed by atoms with Crippen LogP contribution in [-0.4, -0.2) is 30.3 Å². The molecule has 4 rings (SSSR count). The molecule has 1 atom stereocenters. The van der Waals surface area contributed by atoms with E-state index in [1.165, 1.54) is 16.3 Å². The summed E-state index contributed by atoms with van der Waals surface area (Å²) >= 11 is 1.29. The maximum atomic E-state index is 12.9. The van der Waals surface area contributed by atoms with Crippen LogP contribution in [0, 0.1) is 6.92 Å². The lowest BCUT2D eigenvalue weighted by molar-refractivity contribution is -0.115. The Morgan fingerprint density at radius 1 is 1.20 bits per heavy atom. The van der Waals surface area contributed by atoms with Crippen LogP contribution in [0.1, 0.15) is 12.5 Å². The van der Waals surface area contributed by atoms with Gasteiger partial charge in [0.2, 0.25) is 11.7 Å². The van der Waals surface area contributed by atoms with E-state index in [9.17, 15) is 9.59 Å². The number of hydrogen-bond donors (Lipinski definition) is 1. The normalized spacial score (nSPS) is 12.2. The van der Waals surface area contributed by atoms with E-state index < -0.39 is 5.25 Å². The number of benzene rings is 2. The second-order valence-corrected chi connectivity index (χ2v) is 8.26. The number of carbonyl (C=O) groups is 1. The molecule has 2 heterocycles. The Morgan fingerprint density at radius 2 is 1.93 bits per heavy atom. The van der Waals surface area contributed by atoms with Crippen molar-refractivity contribution in [2.75, 3.05) is 5.32 Å². The lowest BCUT2D eigenvalue weighted by atomic mass is 10.2. The third-order valence-electron chi connectivity index (χ3n) is 4.76. The van der Waals surface area contributed by atoms with Crippen LogP contribution in [0.2, 0.25) is 0 Å². The van der Waals surface area contributed by atoms with Crippen LogP contribution in [0.4, 0.5) is 5.69 Å². The number of aryl methyl sites for hydroxylation is 1. The fraction of sp³-hybridized carbons (Fsp3) is 0.182. The van der Waals surface area contributed by atoms with Gasteiger partial charge < -0.3 is 5.32 Å². The van der Waals surface area contributed by atoms with Gasteiger partial charge in [-0.05, 0) is 38.1 Å². The van der Waals surface area contributed by atoms with Crippen LogP contribution in [0.5, 0.6) is 0 Å². The highest BCUT2D eigenvalue weighted by Crippen LogP contribution is 2.26. The molecule has 0 saturated carbocycles. The number of rotatable bonds is 6. The number of carbonyl (C=O) groups excluding carboxylic acids is 1. The summed E-state index contributed by atoms with van der Waals surface area (Å²) in [6.07, 6.45) is 1.65. The number of fused-ring (bicyclic) bond motifs is 3. The van der Waals surface area contributed by atoms with Gasteiger partial charge in [-0.1, -0.05) is 47.7 Å². The van der Waals surface area contributed by atoms with Crippen molar-refractivity contribution < 1.29 is 4.79 Å². The number of nitrogens with zero attached hydrogens (tertiary/aromatic N) is 4. The lowest BCUT2D eigenvalue weighted by Crippen LogP contribution is -2.24. The van der Waals surface area contributed by atoms with Crippen LogP contribution < -0.4 is 10.9 Å². The van der Waals surface area contributed by atoms with E-state index in [4.69, 9.17) is 0 Å². The van der Waals surface area contributed by atoms with Crippen LogP contribution in [-0.2, 0) is 11.3 Å². The lowest BCUT2D eigenvalue weighted by Gasteiger charge is -2.13. The highest BCUT2D eigenvalue weighted by atomic mass is 32.2. The summed E-state index contributed by atoms with van der Waals surface area (Å²) in [5.74, 6) is 0.288. The van der Waals surface area contributed by atoms with Crippen molar-refractivity contribution >= 4 is 40.0 Å². The molecule has 2 aromatic heterocycles. The number of anilines is 1. The molecule has 0 fully saturated rings. The van der Waals surface area contributed by atoms with Gasteiger partial charge in [0.05, 0.1) is 16.2 Å². The average molecular weight is 420 g/mol. The van der Waals surface area contributed by atoms with E-state index in [-0.39, 0.29) is 11.5 Å². The second kappa shape index (κ2) is 8.16. The molecule has 30 heavy (non-hydrogen) atoms. The first kappa shape index (κ1) is 19.9. The number of allylic oxidation sites excluding steroid dienone is 1. The molecular formula is C22H21N5O2S. The third-order valence-corrected chi connectivity index (χ3v) is 5.80. The molecule has 2 aromatic carbocycles. The van der Waals surface area contributed by atoms with E-state index in [1.54, 1.807) is 12.1 Å². The first-order valence-corrected chi connectivity index (χ1v) is 10.4. The third kappa shape index (κ3) is 3.61. The summed E-state index contributed by atoms with van der Waals surface area (Å²) in [6.45, 7) is 7.86. The van der Waals surface area contributed by atoms with E-state index in [0.717, 1.165) is 11.3 Å². The van der Waals surface area contributed by atoms with Gasteiger partial charge in [-0.25, -0.2) is 0 Å². The van der Waals surface area contributed by atoms with Gasteiger partial charge in [0.1, 0.15) is 0 Å². The minimum Gasteiger partial charge on any atom is -0.325 e. The molecule has 0 aliphatic carbocycles. The summed E-state index contributed by atoms with van der Waals surface area (Å²) in [5.41, 5.74) is 2.43. The first-order chi connectivity index (χ1) is 14.5. The Labute approximate surface area is 177 Å². The number of aromatic nitrogens is 4. The van der Waals surface area contributed by atoms with Crippen molar-refractivity contribution in [2.45, 2.75) is 30.8 Å². The van der Waals surface area contributed by atoms with E-state index in [1.807, 2.05) is 60.7 Å². The molecule has 4 aromatic rings. The Morgan fingerprint density at radius 3 is 2.67 bits per heavy atom. The van der Waals surface area contributed by atoms with Crippen LogP contribution in [0.3, 0.4) is 0 Å². The fourth-order valence-corrected chi connectivity index (χ4v) is 4.05. The molecule has 0 saturated heterocycles. The molecular weight excluding hydrogens is 398 g/mol. The van der Waals surface area contributed by atoms with Gasteiger partial charge in [0, 0.05) is 12.2 Å². The zero-order valence-electron chi connectivity index (χ0n) is 16.7. The number of hydrogen-bond acceptors (Lipinski definition) is 5. The highest BCUT2D eigenvalue weighted by Gasteiger charge is 2.21. The Balaban J connectivity index is 1.71. The average Bonchev–Trinajstić information content (AvgIpc) is 3.16. The predicted molar refractivity (Wildman–Crippen MR) is 120 cm³/mol. The molecule has 1 N–H and O–H groups in total. The van der Waals surface area contributed by atoms with Gasteiger partial charge in [-0.3, -0.25) is 18.6 Å². The molecule has 0 radical (unpaired) electrons. The van der Waals surface area contributed by atoms with Crippen molar-refractivity contribution in [1.29, 1.82) is 0 Å². The molecule has 152 valence electrons. The summed E-state index contributed by atoms with van der Waals surface area (Å²) in [7, 11) is 0. The quantitative estimate of drug-likeness (QED) is 0.381. The zero-order chi connectivity index (χ0) is 21.3. The minimum absolute atomic E-state index is 0.135.